The Bertz CT molecular complexity index is 502. The number of rotatable bonds is 6. The molecule has 0 fully saturated rings. The molecule has 0 spiro atoms. The number of hydrogen-bond donors (Lipinski definition) is 1. The molecular weight excluding hydrogens is 264 g/mol. The Balaban J connectivity index is 3.23. The number of hydrogen-bond acceptors (Lipinski definition) is 5. The first kappa shape index (κ1) is 15.9. The largest absolute Gasteiger partial charge is 0.496 e. The van der Waals surface area contributed by atoms with Crippen LogP contribution in [0, 0.1) is 10.1 Å². The molecule has 110 valence electrons. The molecule has 20 heavy (non-hydrogen) atoms. The molecular formula is C13H18N2O5. The minimum absolute atomic E-state index is 0.115. The van der Waals surface area contributed by atoms with E-state index in [0.717, 1.165) is 0 Å². The van der Waals surface area contributed by atoms with E-state index in [4.69, 9.17) is 9.84 Å². The fourth-order valence-corrected chi connectivity index (χ4v) is 1.83. The molecule has 0 unspecified atom stereocenters. The third-order valence-electron chi connectivity index (χ3n) is 2.85. The molecule has 0 heterocycles. The van der Waals surface area contributed by atoms with Crippen LogP contribution in [0.15, 0.2) is 18.2 Å². The molecule has 1 aromatic carbocycles. The summed E-state index contributed by atoms with van der Waals surface area (Å²) in [5.41, 5.74) is -0.0642. The summed E-state index contributed by atoms with van der Waals surface area (Å²) in [5.74, 6) is -0.140. The summed E-state index contributed by atoms with van der Waals surface area (Å²) >= 11 is 0. The lowest BCUT2D eigenvalue weighted by molar-refractivity contribution is -0.384. The average Bonchev–Trinajstić information content (AvgIpc) is 2.42. The van der Waals surface area contributed by atoms with Gasteiger partial charge in [0.1, 0.15) is 5.75 Å². The zero-order valence-corrected chi connectivity index (χ0v) is 11.7. The summed E-state index contributed by atoms with van der Waals surface area (Å²) in [7, 11) is 1.39. The van der Waals surface area contributed by atoms with Crippen LogP contribution in [-0.2, 0) is 0 Å². The van der Waals surface area contributed by atoms with Crippen molar-refractivity contribution in [1.82, 2.24) is 4.90 Å². The Kier molecular flexibility index (Phi) is 5.45. The number of nitro benzene ring substituents is 1. The first-order valence-electron chi connectivity index (χ1n) is 6.16. The van der Waals surface area contributed by atoms with Crippen molar-refractivity contribution in [2.45, 2.75) is 19.9 Å². The molecule has 1 aromatic rings. The van der Waals surface area contributed by atoms with Gasteiger partial charge in [-0.1, -0.05) is 0 Å². The van der Waals surface area contributed by atoms with Crippen molar-refractivity contribution in [2.24, 2.45) is 0 Å². The maximum atomic E-state index is 12.4. The SMILES string of the molecule is COc1ccc([N+](=O)[O-])cc1C(=O)N(CCO)C(C)C. The number of aliphatic hydroxyl groups excluding tert-OH is 1. The average molecular weight is 282 g/mol. The molecule has 1 N–H and O–H groups in total. The molecule has 0 saturated carbocycles. The number of carbonyl (C=O) groups is 1. The number of aliphatic hydroxyl groups is 1. The van der Waals surface area contributed by atoms with Crippen LogP contribution in [-0.4, -0.2) is 47.1 Å². The molecule has 0 aromatic heterocycles. The van der Waals surface area contributed by atoms with Crippen LogP contribution in [0.1, 0.15) is 24.2 Å². The van der Waals surface area contributed by atoms with Crippen molar-refractivity contribution in [3.8, 4) is 5.75 Å². The predicted octanol–water partition coefficient (Wildman–Crippen LogP) is 1.45. The van der Waals surface area contributed by atoms with Gasteiger partial charge >= 0.3 is 0 Å². The predicted molar refractivity (Wildman–Crippen MR) is 72.9 cm³/mol. The van der Waals surface area contributed by atoms with Crippen molar-refractivity contribution in [3.63, 3.8) is 0 Å². The van der Waals surface area contributed by atoms with Gasteiger partial charge in [0.2, 0.25) is 0 Å². The van der Waals surface area contributed by atoms with Crippen LogP contribution in [0.25, 0.3) is 0 Å². The Morgan fingerprint density at radius 1 is 1.50 bits per heavy atom. The Labute approximate surface area is 116 Å². The number of non-ortho nitro benzene ring substituents is 1. The summed E-state index contributed by atoms with van der Waals surface area (Å²) < 4.78 is 5.08. The minimum atomic E-state index is -0.567. The van der Waals surface area contributed by atoms with Gasteiger partial charge in [0.05, 0.1) is 24.2 Å². The van der Waals surface area contributed by atoms with E-state index in [1.54, 1.807) is 13.8 Å². The second-order valence-corrected chi connectivity index (χ2v) is 4.46. The Morgan fingerprint density at radius 2 is 2.15 bits per heavy atom. The zero-order valence-electron chi connectivity index (χ0n) is 11.7. The van der Waals surface area contributed by atoms with E-state index < -0.39 is 10.8 Å². The molecule has 1 amide bonds. The number of benzene rings is 1. The van der Waals surface area contributed by atoms with Crippen LogP contribution in [0.2, 0.25) is 0 Å². The van der Waals surface area contributed by atoms with Crippen LogP contribution in [0.3, 0.4) is 0 Å². The fourth-order valence-electron chi connectivity index (χ4n) is 1.83. The van der Waals surface area contributed by atoms with Crippen LogP contribution in [0.4, 0.5) is 5.69 Å². The Hall–Kier alpha value is -2.15. The molecule has 7 heteroatoms. The van der Waals surface area contributed by atoms with E-state index in [9.17, 15) is 14.9 Å². The number of nitrogens with zero attached hydrogens (tertiary/aromatic N) is 2. The maximum Gasteiger partial charge on any atom is 0.270 e. The molecule has 7 nitrogen and oxygen atoms in total. The highest BCUT2D eigenvalue weighted by Gasteiger charge is 2.23. The lowest BCUT2D eigenvalue weighted by Gasteiger charge is -2.26. The summed E-state index contributed by atoms with van der Waals surface area (Å²) in [6.45, 7) is 3.58. The highest BCUT2D eigenvalue weighted by Crippen LogP contribution is 2.25. The van der Waals surface area contributed by atoms with Gasteiger partial charge in [-0.05, 0) is 19.9 Å². The lowest BCUT2D eigenvalue weighted by atomic mass is 10.1. The first-order chi connectivity index (χ1) is 9.42. The van der Waals surface area contributed by atoms with Gasteiger partial charge in [0.25, 0.3) is 11.6 Å². The monoisotopic (exact) mass is 282 g/mol. The second kappa shape index (κ2) is 6.85. The molecule has 0 bridgehead atoms. The highest BCUT2D eigenvalue weighted by atomic mass is 16.6. The highest BCUT2D eigenvalue weighted by molar-refractivity contribution is 5.97. The molecule has 0 radical (unpaired) electrons. The van der Waals surface area contributed by atoms with Crippen LogP contribution in [0.5, 0.6) is 5.75 Å². The number of carbonyl (C=O) groups excluding carboxylic acids is 1. The fraction of sp³-hybridized carbons (Fsp3) is 0.462. The van der Waals surface area contributed by atoms with E-state index in [0.29, 0.717) is 0 Å². The minimum Gasteiger partial charge on any atom is -0.496 e. The van der Waals surface area contributed by atoms with Crippen molar-refractivity contribution >= 4 is 11.6 Å². The quantitative estimate of drug-likeness (QED) is 0.629. The summed E-state index contributed by atoms with van der Waals surface area (Å²) in [5, 5.41) is 19.8. The number of nitro groups is 1. The standard InChI is InChI=1S/C13H18N2O5/c1-9(2)14(6-7-16)13(17)11-8-10(15(18)19)4-5-12(11)20-3/h4-5,8-9,16H,6-7H2,1-3H3. The van der Waals surface area contributed by atoms with Gasteiger partial charge < -0.3 is 14.7 Å². The van der Waals surface area contributed by atoms with E-state index in [-0.39, 0.29) is 36.2 Å². The maximum absolute atomic E-state index is 12.4. The lowest BCUT2D eigenvalue weighted by Crippen LogP contribution is -2.39. The third kappa shape index (κ3) is 3.45. The summed E-state index contributed by atoms with van der Waals surface area (Å²) in [6, 6.07) is 3.72. The van der Waals surface area contributed by atoms with Crippen molar-refractivity contribution < 1.29 is 19.6 Å². The molecule has 1 rings (SSSR count). The molecule has 0 saturated heterocycles. The van der Waals surface area contributed by atoms with Crippen molar-refractivity contribution in [1.29, 1.82) is 0 Å². The molecule has 0 aliphatic rings. The molecule has 0 aliphatic carbocycles. The van der Waals surface area contributed by atoms with Gasteiger partial charge in [-0.2, -0.15) is 0 Å². The van der Waals surface area contributed by atoms with Gasteiger partial charge in [0.15, 0.2) is 0 Å². The Morgan fingerprint density at radius 3 is 2.60 bits per heavy atom. The molecule has 0 atom stereocenters. The van der Waals surface area contributed by atoms with Gasteiger partial charge in [-0.15, -0.1) is 0 Å². The van der Waals surface area contributed by atoms with Crippen molar-refractivity contribution in [3.05, 3.63) is 33.9 Å². The number of methoxy groups -OCH3 is 1. The normalized spacial score (nSPS) is 10.4. The summed E-state index contributed by atoms with van der Waals surface area (Å²) in [6.07, 6.45) is 0. The van der Waals surface area contributed by atoms with Crippen LogP contribution < -0.4 is 4.74 Å². The molecule has 0 aliphatic heterocycles. The van der Waals surface area contributed by atoms with Gasteiger partial charge in [-0.3, -0.25) is 14.9 Å². The smallest absolute Gasteiger partial charge is 0.270 e. The van der Waals surface area contributed by atoms with Crippen LogP contribution >= 0.6 is 0 Å². The zero-order chi connectivity index (χ0) is 15.3. The summed E-state index contributed by atoms with van der Waals surface area (Å²) in [4.78, 5) is 24.1. The van der Waals surface area contributed by atoms with E-state index in [1.807, 2.05) is 0 Å². The van der Waals surface area contributed by atoms with Crippen molar-refractivity contribution in [2.75, 3.05) is 20.3 Å². The van der Waals surface area contributed by atoms with Gasteiger partial charge in [-0.25, -0.2) is 0 Å². The third-order valence-corrected chi connectivity index (χ3v) is 2.85. The first-order valence-corrected chi connectivity index (χ1v) is 6.16. The van der Waals surface area contributed by atoms with E-state index in [2.05, 4.69) is 0 Å². The number of ether oxygens (including phenoxy) is 1. The number of amides is 1. The van der Waals surface area contributed by atoms with Gasteiger partial charge in [0, 0.05) is 24.7 Å². The topological polar surface area (TPSA) is 92.9 Å². The second-order valence-electron chi connectivity index (χ2n) is 4.46. The van der Waals surface area contributed by atoms with E-state index in [1.165, 1.54) is 30.2 Å². The van der Waals surface area contributed by atoms with E-state index >= 15 is 0 Å².